The lowest BCUT2D eigenvalue weighted by molar-refractivity contribution is -0.124. The van der Waals surface area contributed by atoms with Crippen molar-refractivity contribution in [1.29, 1.82) is 0 Å². The topological polar surface area (TPSA) is 38.8 Å². The van der Waals surface area contributed by atoms with E-state index in [9.17, 15) is 4.79 Å². The lowest BCUT2D eigenvalue weighted by Gasteiger charge is -2.30. The summed E-state index contributed by atoms with van der Waals surface area (Å²) in [7, 11) is 3.30. The molecule has 4 nitrogen and oxygen atoms in total. The molecule has 0 amide bonds. The van der Waals surface area contributed by atoms with Crippen LogP contribution < -0.4 is 0 Å². The number of methoxy groups -OCH3 is 2. The number of ketones is 1. The van der Waals surface area contributed by atoms with Gasteiger partial charge in [0.25, 0.3) is 0 Å². The molecule has 1 heterocycles. The largest absolute Gasteiger partial charge is 0.384 e. The maximum Gasteiger partial charge on any atom is 0.172 e. The molecule has 1 fully saturated rings. The lowest BCUT2D eigenvalue weighted by atomic mass is 9.98. The molecule has 1 saturated heterocycles. The minimum atomic E-state index is 0.169. The fraction of sp³-hybridized carbons (Fsp3) is 0.909. The molecule has 88 valence electrons. The van der Waals surface area contributed by atoms with E-state index >= 15 is 0 Å². The zero-order chi connectivity index (χ0) is 11.1. The number of rotatable bonds is 6. The highest BCUT2D eigenvalue weighted by molar-refractivity contribution is 5.81. The van der Waals surface area contributed by atoms with Gasteiger partial charge in [-0.25, -0.2) is 0 Å². The van der Waals surface area contributed by atoms with E-state index in [1.54, 1.807) is 14.2 Å². The van der Waals surface area contributed by atoms with Gasteiger partial charge in [0.2, 0.25) is 0 Å². The number of nitrogens with zero attached hydrogens (tertiary/aromatic N) is 1. The quantitative estimate of drug-likeness (QED) is 0.649. The van der Waals surface area contributed by atoms with E-state index in [0.717, 1.165) is 32.5 Å². The number of hydrogen-bond acceptors (Lipinski definition) is 4. The zero-order valence-corrected chi connectivity index (χ0v) is 9.70. The molecule has 0 aliphatic carbocycles. The Bertz CT molecular complexity index is 188. The Morgan fingerprint density at radius 3 is 2.47 bits per heavy atom. The van der Waals surface area contributed by atoms with Gasteiger partial charge in [-0.15, -0.1) is 0 Å². The zero-order valence-electron chi connectivity index (χ0n) is 9.70. The van der Waals surface area contributed by atoms with E-state index in [-0.39, 0.29) is 12.4 Å². The predicted octanol–water partition coefficient (Wildman–Crippen LogP) is 0.560. The number of hydrogen-bond donors (Lipinski definition) is 0. The van der Waals surface area contributed by atoms with Crippen LogP contribution in [0.2, 0.25) is 0 Å². The molecule has 4 heteroatoms. The molecular weight excluding hydrogens is 194 g/mol. The second-order valence-corrected chi connectivity index (χ2v) is 4.15. The maximum absolute atomic E-state index is 11.3. The first-order valence-electron chi connectivity index (χ1n) is 5.48. The van der Waals surface area contributed by atoms with Gasteiger partial charge < -0.3 is 9.47 Å². The fourth-order valence-corrected chi connectivity index (χ4v) is 2.00. The van der Waals surface area contributed by atoms with Gasteiger partial charge in [-0.2, -0.15) is 0 Å². The summed E-state index contributed by atoms with van der Waals surface area (Å²) in [6.45, 7) is 3.62. The molecule has 0 aromatic heterocycles. The second-order valence-electron chi connectivity index (χ2n) is 4.15. The van der Waals surface area contributed by atoms with Crippen molar-refractivity contribution in [3.05, 3.63) is 0 Å². The van der Waals surface area contributed by atoms with Crippen LogP contribution in [0, 0.1) is 5.92 Å². The lowest BCUT2D eigenvalue weighted by Crippen LogP contribution is -2.39. The van der Waals surface area contributed by atoms with Crippen molar-refractivity contribution in [3.8, 4) is 0 Å². The van der Waals surface area contributed by atoms with E-state index in [1.165, 1.54) is 0 Å². The average Bonchev–Trinajstić information content (AvgIpc) is 2.22. The average molecular weight is 215 g/mol. The Morgan fingerprint density at radius 1 is 1.27 bits per heavy atom. The molecule has 0 N–H and O–H groups in total. The van der Waals surface area contributed by atoms with Crippen LogP contribution in [0.25, 0.3) is 0 Å². The van der Waals surface area contributed by atoms with Gasteiger partial charge in [-0.05, 0) is 31.8 Å². The summed E-state index contributed by atoms with van der Waals surface area (Å²) < 4.78 is 9.94. The Balaban J connectivity index is 2.16. The van der Waals surface area contributed by atoms with Gasteiger partial charge in [0, 0.05) is 20.8 Å². The van der Waals surface area contributed by atoms with Crippen molar-refractivity contribution in [2.75, 3.05) is 47.1 Å². The summed E-state index contributed by atoms with van der Waals surface area (Å²) in [6.07, 6.45) is 2.27. The second kappa shape index (κ2) is 6.93. The summed E-state index contributed by atoms with van der Waals surface area (Å²) in [5, 5.41) is 0. The third-order valence-corrected chi connectivity index (χ3v) is 2.81. The third kappa shape index (κ3) is 4.73. The van der Waals surface area contributed by atoms with Gasteiger partial charge in [0.15, 0.2) is 5.78 Å². The molecule has 0 aromatic carbocycles. The first kappa shape index (κ1) is 12.6. The van der Waals surface area contributed by atoms with E-state index < -0.39 is 0 Å². The van der Waals surface area contributed by atoms with Crippen LogP contribution in [0.5, 0.6) is 0 Å². The van der Waals surface area contributed by atoms with Crippen LogP contribution in [-0.4, -0.2) is 57.8 Å². The van der Waals surface area contributed by atoms with Crippen molar-refractivity contribution >= 4 is 5.78 Å². The third-order valence-electron chi connectivity index (χ3n) is 2.81. The summed E-state index contributed by atoms with van der Waals surface area (Å²) >= 11 is 0. The van der Waals surface area contributed by atoms with E-state index in [2.05, 4.69) is 4.90 Å². The number of likely N-dealkylation sites (tertiary alicyclic amines) is 1. The molecule has 1 aliphatic heterocycles. The molecular formula is C11H21NO3. The highest BCUT2D eigenvalue weighted by Crippen LogP contribution is 2.16. The monoisotopic (exact) mass is 215 g/mol. The van der Waals surface area contributed by atoms with Gasteiger partial charge in [-0.1, -0.05) is 0 Å². The van der Waals surface area contributed by atoms with Crippen molar-refractivity contribution in [3.63, 3.8) is 0 Å². The number of piperidine rings is 1. The van der Waals surface area contributed by atoms with Crippen LogP contribution in [0.3, 0.4) is 0 Å². The molecule has 0 spiro atoms. The van der Waals surface area contributed by atoms with Crippen LogP contribution in [-0.2, 0) is 14.3 Å². The van der Waals surface area contributed by atoms with Crippen LogP contribution in [0.4, 0.5) is 0 Å². The van der Waals surface area contributed by atoms with E-state index in [0.29, 0.717) is 12.5 Å². The molecule has 0 radical (unpaired) electrons. The van der Waals surface area contributed by atoms with Crippen LogP contribution in [0.15, 0.2) is 0 Å². The molecule has 0 unspecified atom stereocenters. The van der Waals surface area contributed by atoms with Gasteiger partial charge in [0.05, 0.1) is 6.54 Å². The van der Waals surface area contributed by atoms with E-state index in [4.69, 9.17) is 9.47 Å². The normalized spacial score (nSPS) is 19.3. The number of ether oxygens (including phenoxy) is 2. The summed E-state index contributed by atoms with van der Waals surface area (Å²) in [6, 6.07) is 0. The molecule has 0 bridgehead atoms. The van der Waals surface area contributed by atoms with Crippen molar-refractivity contribution < 1.29 is 14.3 Å². The SMILES string of the molecule is COCC(=O)CN1CCC(COC)CC1. The Kier molecular flexibility index (Phi) is 5.83. The van der Waals surface area contributed by atoms with Gasteiger partial charge in [0.1, 0.15) is 6.61 Å². The molecule has 1 aliphatic rings. The van der Waals surface area contributed by atoms with Crippen molar-refractivity contribution in [2.45, 2.75) is 12.8 Å². The standard InChI is InChI=1S/C11H21NO3/c1-14-8-10-3-5-12(6-4-10)7-11(13)9-15-2/h10H,3-9H2,1-2H3. The Morgan fingerprint density at radius 2 is 1.93 bits per heavy atom. The minimum absolute atomic E-state index is 0.169. The summed E-state index contributed by atoms with van der Waals surface area (Å²) in [4.78, 5) is 13.5. The Hall–Kier alpha value is -0.450. The summed E-state index contributed by atoms with van der Waals surface area (Å²) in [5.41, 5.74) is 0. The minimum Gasteiger partial charge on any atom is -0.384 e. The highest BCUT2D eigenvalue weighted by Gasteiger charge is 2.20. The number of carbonyl (C=O) groups excluding carboxylic acids is 1. The van der Waals surface area contributed by atoms with Crippen molar-refractivity contribution in [1.82, 2.24) is 4.90 Å². The van der Waals surface area contributed by atoms with Gasteiger partial charge >= 0.3 is 0 Å². The predicted molar refractivity (Wildman–Crippen MR) is 57.9 cm³/mol. The number of Topliss-reactive ketones (excluding diaryl/α,β-unsaturated/α-hetero) is 1. The Labute approximate surface area is 91.5 Å². The first-order chi connectivity index (χ1) is 7.26. The summed E-state index contributed by atoms with van der Waals surface area (Å²) in [5.74, 6) is 0.839. The van der Waals surface area contributed by atoms with Crippen molar-refractivity contribution in [2.24, 2.45) is 5.92 Å². The van der Waals surface area contributed by atoms with E-state index in [1.807, 2.05) is 0 Å². The fourth-order valence-electron chi connectivity index (χ4n) is 2.00. The molecule has 0 atom stereocenters. The van der Waals surface area contributed by atoms with Crippen LogP contribution >= 0.6 is 0 Å². The maximum atomic E-state index is 11.3. The smallest absolute Gasteiger partial charge is 0.172 e. The van der Waals surface area contributed by atoms with Gasteiger partial charge in [-0.3, -0.25) is 9.69 Å². The highest BCUT2D eigenvalue weighted by atomic mass is 16.5. The molecule has 15 heavy (non-hydrogen) atoms. The molecule has 0 aromatic rings. The van der Waals surface area contributed by atoms with Crippen LogP contribution in [0.1, 0.15) is 12.8 Å². The molecule has 0 saturated carbocycles. The first-order valence-corrected chi connectivity index (χ1v) is 5.48. The molecule has 1 rings (SSSR count). The number of carbonyl (C=O) groups is 1.